The van der Waals surface area contributed by atoms with Crippen LogP contribution in [0.25, 0.3) is 10.9 Å². The average Bonchev–Trinajstić information content (AvgIpc) is 3.24. The molecule has 4 aromatic rings. The molecule has 4 rings (SSSR count). The highest BCUT2D eigenvalue weighted by atomic mass is 35.5. The molecule has 2 aromatic heterocycles. The van der Waals surface area contributed by atoms with Gasteiger partial charge in [0.05, 0.1) is 26.6 Å². The summed E-state index contributed by atoms with van der Waals surface area (Å²) < 4.78 is 22.0. The molecule has 0 saturated carbocycles. The SMILES string of the molecule is Cn1sc(=O)c2cc(SNc3ccccc3NS(=O)c3ccc(Cl)s3)ccc21. The van der Waals surface area contributed by atoms with Crippen LogP contribution in [0.15, 0.2) is 68.5 Å². The summed E-state index contributed by atoms with van der Waals surface area (Å²) >= 11 is 9.80. The first-order valence-corrected chi connectivity index (χ1v) is 12.0. The summed E-state index contributed by atoms with van der Waals surface area (Å²) in [6, 6.07) is 16.8. The largest absolute Gasteiger partial charge is 0.324 e. The number of fused-ring (bicyclic) bond motifs is 1. The molecular weight excluding hydrogens is 454 g/mol. The van der Waals surface area contributed by atoms with E-state index in [1.165, 1.54) is 34.8 Å². The van der Waals surface area contributed by atoms with Crippen LogP contribution in [0.3, 0.4) is 0 Å². The summed E-state index contributed by atoms with van der Waals surface area (Å²) in [6.45, 7) is 0. The number of hydrogen-bond acceptors (Lipinski definition) is 6. The molecule has 1 atom stereocenters. The maximum absolute atomic E-state index is 12.5. The molecule has 2 N–H and O–H groups in total. The highest BCUT2D eigenvalue weighted by Crippen LogP contribution is 2.31. The fourth-order valence-corrected chi connectivity index (χ4v) is 6.33. The molecule has 2 aromatic carbocycles. The second kappa shape index (κ2) is 8.30. The van der Waals surface area contributed by atoms with Gasteiger partial charge in [0, 0.05) is 11.9 Å². The van der Waals surface area contributed by atoms with Crippen molar-refractivity contribution in [3.05, 3.63) is 68.5 Å². The number of aryl methyl sites for hydroxylation is 1. The first-order valence-electron chi connectivity index (χ1n) is 8.07. The van der Waals surface area contributed by atoms with Crippen LogP contribution >= 0.6 is 46.4 Å². The molecule has 10 heteroatoms. The Hall–Kier alpha value is -1.78. The first kappa shape index (κ1) is 19.5. The molecule has 0 spiro atoms. The van der Waals surface area contributed by atoms with E-state index in [2.05, 4.69) is 9.44 Å². The van der Waals surface area contributed by atoms with Gasteiger partial charge in [0.15, 0.2) is 11.0 Å². The van der Waals surface area contributed by atoms with E-state index >= 15 is 0 Å². The lowest BCUT2D eigenvalue weighted by molar-refractivity contribution is 0.687. The third-order valence-electron chi connectivity index (χ3n) is 3.89. The van der Waals surface area contributed by atoms with Crippen molar-refractivity contribution >= 4 is 79.7 Å². The Morgan fingerprint density at radius 2 is 1.89 bits per heavy atom. The van der Waals surface area contributed by atoms with Crippen molar-refractivity contribution in [2.45, 2.75) is 9.10 Å². The van der Waals surface area contributed by atoms with Crippen molar-refractivity contribution in [3.63, 3.8) is 0 Å². The molecule has 144 valence electrons. The van der Waals surface area contributed by atoms with Crippen LogP contribution in [0.4, 0.5) is 11.4 Å². The Bertz CT molecular complexity index is 1230. The van der Waals surface area contributed by atoms with Gasteiger partial charge in [0.2, 0.25) is 0 Å². The molecule has 2 heterocycles. The number of benzene rings is 2. The summed E-state index contributed by atoms with van der Waals surface area (Å²) in [7, 11) is 0.479. The molecule has 0 bridgehead atoms. The van der Waals surface area contributed by atoms with Crippen LogP contribution in [-0.4, -0.2) is 8.17 Å². The molecule has 0 aliphatic heterocycles. The maximum atomic E-state index is 12.5. The van der Waals surface area contributed by atoms with Gasteiger partial charge in [-0.25, -0.2) is 4.21 Å². The van der Waals surface area contributed by atoms with E-state index < -0.39 is 11.0 Å². The van der Waals surface area contributed by atoms with Crippen molar-refractivity contribution in [1.29, 1.82) is 0 Å². The summed E-state index contributed by atoms with van der Waals surface area (Å²) in [6.07, 6.45) is 0. The zero-order valence-electron chi connectivity index (χ0n) is 14.5. The second-order valence-electron chi connectivity index (χ2n) is 5.73. The molecule has 0 radical (unpaired) electrons. The van der Waals surface area contributed by atoms with Crippen LogP contribution in [0, 0.1) is 0 Å². The zero-order valence-corrected chi connectivity index (χ0v) is 18.5. The lowest BCUT2D eigenvalue weighted by Crippen LogP contribution is -2.05. The summed E-state index contributed by atoms with van der Waals surface area (Å²) in [5.74, 6) is 0. The van der Waals surface area contributed by atoms with Gasteiger partial charge >= 0.3 is 0 Å². The van der Waals surface area contributed by atoms with Crippen molar-refractivity contribution < 1.29 is 4.21 Å². The molecule has 1 unspecified atom stereocenters. The number of nitrogens with one attached hydrogen (secondary N) is 2. The van der Waals surface area contributed by atoms with Gasteiger partial charge in [-0.05, 0) is 65.9 Å². The summed E-state index contributed by atoms with van der Waals surface area (Å²) in [5.41, 5.74) is 2.43. The number of aromatic nitrogens is 1. The zero-order chi connectivity index (χ0) is 19.7. The number of halogens is 1. The van der Waals surface area contributed by atoms with Crippen LogP contribution < -0.4 is 14.2 Å². The predicted octanol–water partition coefficient (Wildman–Crippen LogP) is 5.57. The van der Waals surface area contributed by atoms with Crippen molar-refractivity contribution in [2.75, 3.05) is 9.44 Å². The van der Waals surface area contributed by atoms with Gasteiger partial charge in [-0.3, -0.25) is 13.5 Å². The highest BCUT2D eigenvalue weighted by molar-refractivity contribution is 8.00. The van der Waals surface area contributed by atoms with Gasteiger partial charge in [-0.1, -0.05) is 23.7 Å². The minimum atomic E-state index is -1.40. The van der Waals surface area contributed by atoms with Gasteiger partial charge in [0.25, 0.3) is 4.74 Å². The number of para-hydroxylation sites is 2. The smallest absolute Gasteiger partial charge is 0.257 e. The second-order valence-corrected chi connectivity index (χ2v) is 10.9. The van der Waals surface area contributed by atoms with E-state index in [1.54, 1.807) is 12.1 Å². The molecule has 0 fully saturated rings. The van der Waals surface area contributed by atoms with E-state index in [4.69, 9.17) is 11.6 Å². The van der Waals surface area contributed by atoms with E-state index in [1.807, 2.05) is 53.5 Å². The van der Waals surface area contributed by atoms with Crippen LogP contribution in [0.1, 0.15) is 0 Å². The fourth-order valence-electron chi connectivity index (χ4n) is 2.56. The molecule has 28 heavy (non-hydrogen) atoms. The van der Waals surface area contributed by atoms with Crippen molar-refractivity contribution in [3.8, 4) is 0 Å². The van der Waals surface area contributed by atoms with E-state index in [0.29, 0.717) is 19.6 Å². The average molecular weight is 468 g/mol. The Balaban J connectivity index is 1.52. The molecule has 0 saturated heterocycles. The lowest BCUT2D eigenvalue weighted by Gasteiger charge is -2.12. The maximum Gasteiger partial charge on any atom is 0.257 e. The molecule has 5 nitrogen and oxygen atoms in total. The van der Waals surface area contributed by atoms with Crippen LogP contribution in [-0.2, 0) is 18.0 Å². The summed E-state index contributed by atoms with van der Waals surface area (Å²) in [4.78, 5) is 13.0. The van der Waals surface area contributed by atoms with E-state index in [-0.39, 0.29) is 4.74 Å². The minimum Gasteiger partial charge on any atom is -0.324 e. The highest BCUT2D eigenvalue weighted by Gasteiger charge is 2.11. The standard InChI is InChI=1S/C18H14ClN3O2S4/c1-22-15-7-6-11(10-12(15)18(23)27-22)26-20-13-4-2-3-5-14(13)21-28(24)17-9-8-16(19)25-17/h2-10,20-21H,1H3. The van der Waals surface area contributed by atoms with Crippen molar-refractivity contribution in [1.82, 2.24) is 3.96 Å². The lowest BCUT2D eigenvalue weighted by atomic mass is 10.2. The third-order valence-corrected chi connectivity index (χ3v) is 8.19. The molecule has 0 aliphatic rings. The monoisotopic (exact) mass is 467 g/mol. The van der Waals surface area contributed by atoms with Gasteiger partial charge in [-0.15, -0.1) is 11.3 Å². The number of thiophene rings is 1. The quantitative estimate of drug-likeness (QED) is 0.364. The normalized spacial score (nSPS) is 12.2. The topological polar surface area (TPSA) is 63.1 Å². The minimum absolute atomic E-state index is 0.0482. The molecular formula is C18H14ClN3O2S4. The van der Waals surface area contributed by atoms with Gasteiger partial charge in [0.1, 0.15) is 4.21 Å². The number of anilines is 2. The van der Waals surface area contributed by atoms with Gasteiger partial charge in [-0.2, -0.15) is 0 Å². The Morgan fingerprint density at radius 1 is 1.11 bits per heavy atom. The Kier molecular flexibility index (Phi) is 5.79. The first-order chi connectivity index (χ1) is 13.5. The summed E-state index contributed by atoms with van der Waals surface area (Å²) in [5, 5.41) is 0.710. The van der Waals surface area contributed by atoms with Crippen molar-refractivity contribution in [2.24, 2.45) is 7.05 Å². The molecule has 0 amide bonds. The number of rotatable bonds is 6. The number of nitrogens with zero attached hydrogens (tertiary/aromatic N) is 1. The Labute approximate surface area is 181 Å². The Morgan fingerprint density at radius 3 is 2.64 bits per heavy atom. The molecule has 0 aliphatic carbocycles. The predicted molar refractivity (Wildman–Crippen MR) is 122 cm³/mol. The van der Waals surface area contributed by atoms with Crippen LogP contribution in [0.5, 0.6) is 0 Å². The third kappa shape index (κ3) is 4.13. The van der Waals surface area contributed by atoms with E-state index in [9.17, 15) is 9.00 Å². The van der Waals surface area contributed by atoms with Gasteiger partial charge < -0.3 is 4.72 Å². The number of hydrogen-bond donors (Lipinski definition) is 2. The van der Waals surface area contributed by atoms with E-state index in [0.717, 1.165) is 16.1 Å². The fraction of sp³-hybridized carbons (Fsp3) is 0.0556. The van der Waals surface area contributed by atoms with Crippen LogP contribution in [0.2, 0.25) is 4.34 Å².